The van der Waals surface area contributed by atoms with E-state index in [0.29, 0.717) is 0 Å². The smallest absolute Gasteiger partial charge is 0.00957 e. The quantitative estimate of drug-likeness (QED) is 0.643. The molecule has 0 bridgehead atoms. The summed E-state index contributed by atoms with van der Waals surface area (Å²) in [6.45, 7) is 4.23. The molecule has 0 aromatic carbocycles. The van der Waals surface area contributed by atoms with Crippen LogP contribution >= 0.6 is 0 Å². The lowest BCUT2D eigenvalue weighted by atomic mass is 10.3. The van der Waals surface area contributed by atoms with Crippen molar-refractivity contribution in [1.82, 2.24) is 9.80 Å². The lowest BCUT2D eigenvalue weighted by molar-refractivity contribution is 0.505. The van der Waals surface area contributed by atoms with E-state index in [1.54, 1.807) is 0 Å². The molecular weight excluding hydrogens is 172 g/mol. The maximum absolute atomic E-state index is 2.15. The van der Waals surface area contributed by atoms with E-state index in [-0.39, 0.29) is 0 Å². The molecule has 0 amide bonds. The highest BCUT2D eigenvalue weighted by atomic mass is 15.1. The molecule has 0 fully saturated rings. The molecule has 0 saturated carbocycles. The fourth-order valence-electron chi connectivity index (χ4n) is 0.492. The van der Waals surface area contributed by atoms with Crippen molar-refractivity contribution in [2.75, 3.05) is 35.2 Å². The molecule has 0 atom stereocenters. The molecule has 0 saturated heterocycles. The van der Waals surface area contributed by atoms with Crippen LogP contribution in [0.1, 0.15) is 20.3 Å². The highest BCUT2D eigenvalue weighted by Crippen LogP contribution is 1.95. The summed E-state index contributed by atoms with van der Waals surface area (Å²) < 4.78 is 0. The average Bonchev–Trinajstić information content (AvgIpc) is 2.03. The average molecular weight is 198 g/mol. The van der Waals surface area contributed by atoms with Gasteiger partial charge >= 0.3 is 0 Å². The zero-order valence-electron chi connectivity index (χ0n) is 10.8. The third-order valence-electron chi connectivity index (χ3n) is 1.41. The second kappa shape index (κ2) is 10.3. The third-order valence-corrected chi connectivity index (χ3v) is 1.41. The van der Waals surface area contributed by atoms with E-state index in [9.17, 15) is 0 Å². The number of hydrogen-bond donors (Lipinski definition) is 0. The summed E-state index contributed by atoms with van der Waals surface area (Å²) >= 11 is 0. The number of hydrogen-bond acceptors (Lipinski definition) is 2. The van der Waals surface area contributed by atoms with Crippen molar-refractivity contribution in [3.63, 3.8) is 0 Å². The van der Waals surface area contributed by atoms with Gasteiger partial charge in [-0.25, -0.2) is 0 Å². The largest absolute Gasteiger partial charge is 0.381 e. The van der Waals surface area contributed by atoms with E-state index in [1.807, 2.05) is 40.1 Å². The van der Waals surface area contributed by atoms with Crippen LogP contribution in [0, 0.1) is 0 Å². The van der Waals surface area contributed by atoms with Gasteiger partial charge in [0.1, 0.15) is 0 Å². The van der Waals surface area contributed by atoms with Crippen molar-refractivity contribution in [3.8, 4) is 0 Å². The topological polar surface area (TPSA) is 6.48 Å². The number of allylic oxidation sites excluding steroid dienone is 4. The van der Waals surface area contributed by atoms with Gasteiger partial charge in [0.05, 0.1) is 0 Å². The van der Waals surface area contributed by atoms with Gasteiger partial charge in [0, 0.05) is 19.8 Å². The first-order valence-corrected chi connectivity index (χ1v) is 5.03. The minimum absolute atomic E-state index is 1.11. The minimum atomic E-state index is 1.11. The van der Waals surface area contributed by atoms with E-state index >= 15 is 0 Å². The highest BCUT2D eigenvalue weighted by molar-refractivity contribution is 5.08. The van der Waals surface area contributed by atoms with Gasteiger partial charge in [0.2, 0.25) is 0 Å². The summed E-state index contributed by atoms with van der Waals surface area (Å²) in [6.07, 6.45) is 7.46. The monoisotopic (exact) mass is 198 g/mol. The van der Waals surface area contributed by atoms with E-state index in [4.69, 9.17) is 0 Å². The first kappa shape index (κ1) is 15.7. The Morgan fingerprint density at radius 2 is 1.50 bits per heavy atom. The lowest BCUT2D eigenvalue weighted by Gasteiger charge is -2.10. The maximum atomic E-state index is 2.15. The van der Waals surface area contributed by atoms with Gasteiger partial charge in [0.25, 0.3) is 0 Å². The van der Waals surface area contributed by atoms with Gasteiger partial charge in [-0.15, -0.1) is 0 Å². The van der Waals surface area contributed by atoms with Gasteiger partial charge in [-0.1, -0.05) is 19.1 Å². The molecule has 0 aromatic heterocycles. The van der Waals surface area contributed by atoms with Crippen LogP contribution < -0.4 is 0 Å². The number of rotatable bonds is 3. The van der Waals surface area contributed by atoms with Gasteiger partial charge in [-0.05, 0) is 40.6 Å². The summed E-state index contributed by atoms with van der Waals surface area (Å²) in [7, 11) is 10.1. The van der Waals surface area contributed by atoms with E-state index in [0.717, 1.165) is 6.42 Å². The van der Waals surface area contributed by atoms with Gasteiger partial charge in [0.15, 0.2) is 0 Å². The Morgan fingerprint density at radius 1 is 1.07 bits per heavy atom. The molecule has 0 aromatic rings. The Hall–Kier alpha value is -0.760. The SMILES string of the molecule is CC/C=C\C=C(/C)N(C)C.CN(C)C. The van der Waals surface area contributed by atoms with Crippen molar-refractivity contribution < 1.29 is 0 Å². The fourth-order valence-corrected chi connectivity index (χ4v) is 0.492. The fraction of sp³-hybridized carbons (Fsp3) is 0.667. The predicted molar refractivity (Wildman–Crippen MR) is 66.5 cm³/mol. The Morgan fingerprint density at radius 3 is 1.79 bits per heavy atom. The summed E-state index contributed by atoms with van der Waals surface area (Å²) in [4.78, 5) is 4.10. The second-order valence-corrected chi connectivity index (χ2v) is 3.88. The van der Waals surface area contributed by atoms with Crippen LogP contribution in [0.25, 0.3) is 0 Å². The summed E-state index contributed by atoms with van der Waals surface area (Å²) in [5, 5.41) is 0. The molecule has 0 radical (unpaired) electrons. The lowest BCUT2D eigenvalue weighted by Crippen LogP contribution is -2.07. The van der Waals surface area contributed by atoms with Crippen LogP contribution in [0.2, 0.25) is 0 Å². The molecular formula is C12H26N2. The molecule has 84 valence electrons. The summed E-state index contributed by atoms with van der Waals surface area (Å²) in [5.41, 5.74) is 1.28. The van der Waals surface area contributed by atoms with E-state index < -0.39 is 0 Å². The van der Waals surface area contributed by atoms with Crippen LogP contribution in [0.4, 0.5) is 0 Å². The second-order valence-electron chi connectivity index (χ2n) is 3.88. The molecule has 2 heteroatoms. The number of nitrogens with zero attached hydrogens (tertiary/aromatic N) is 2. The third kappa shape index (κ3) is 17.4. The normalized spacial score (nSPS) is 11.6. The van der Waals surface area contributed by atoms with Crippen molar-refractivity contribution in [3.05, 3.63) is 23.9 Å². The zero-order chi connectivity index (χ0) is 11.6. The predicted octanol–water partition coefficient (Wildman–Crippen LogP) is 2.60. The van der Waals surface area contributed by atoms with Crippen LogP contribution in [0.5, 0.6) is 0 Å². The zero-order valence-corrected chi connectivity index (χ0v) is 10.8. The van der Waals surface area contributed by atoms with Crippen LogP contribution in [-0.2, 0) is 0 Å². The molecule has 14 heavy (non-hydrogen) atoms. The molecule has 0 unspecified atom stereocenters. The molecule has 2 nitrogen and oxygen atoms in total. The Labute approximate surface area is 89.9 Å². The Bertz CT molecular complexity index is 164. The molecule has 0 aliphatic heterocycles. The van der Waals surface area contributed by atoms with Crippen molar-refractivity contribution in [1.29, 1.82) is 0 Å². The first-order valence-electron chi connectivity index (χ1n) is 5.03. The van der Waals surface area contributed by atoms with Crippen LogP contribution in [0.3, 0.4) is 0 Å². The van der Waals surface area contributed by atoms with E-state index in [1.165, 1.54) is 5.70 Å². The molecule has 0 aliphatic rings. The Kier molecular flexibility index (Phi) is 11.6. The molecule has 0 rings (SSSR count). The summed E-state index contributed by atoms with van der Waals surface area (Å²) in [5.74, 6) is 0. The van der Waals surface area contributed by atoms with Crippen molar-refractivity contribution in [2.45, 2.75) is 20.3 Å². The minimum Gasteiger partial charge on any atom is -0.381 e. The molecule has 0 aliphatic carbocycles. The van der Waals surface area contributed by atoms with E-state index in [2.05, 4.69) is 37.0 Å². The van der Waals surface area contributed by atoms with Crippen LogP contribution in [0.15, 0.2) is 23.9 Å². The maximum Gasteiger partial charge on any atom is 0.00957 e. The molecule has 0 spiro atoms. The molecule has 0 heterocycles. The van der Waals surface area contributed by atoms with Crippen molar-refractivity contribution >= 4 is 0 Å². The van der Waals surface area contributed by atoms with Crippen molar-refractivity contribution in [2.24, 2.45) is 0 Å². The van der Waals surface area contributed by atoms with Crippen LogP contribution in [-0.4, -0.2) is 45.0 Å². The first-order chi connectivity index (χ1) is 6.41. The standard InChI is InChI=1S/C9H17N.C3H9N/c1-5-6-7-8-9(2)10(3)4;1-4(2)3/h6-8H,5H2,1-4H3;1-3H3/b7-6-,9-8+;. The Balaban J connectivity index is 0. The van der Waals surface area contributed by atoms with Gasteiger partial charge in [-0.3, -0.25) is 0 Å². The molecule has 0 N–H and O–H groups in total. The van der Waals surface area contributed by atoms with Gasteiger partial charge < -0.3 is 9.80 Å². The van der Waals surface area contributed by atoms with Gasteiger partial charge in [-0.2, -0.15) is 0 Å². The summed E-state index contributed by atoms with van der Waals surface area (Å²) in [6, 6.07) is 0. The highest BCUT2D eigenvalue weighted by Gasteiger charge is 1.85.